The molecule has 0 aliphatic carbocycles. The fourth-order valence-electron chi connectivity index (χ4n) is 3.18. The Labute approximate surface area is 135 Å². The highest BCUT2D eigenvalue weighted by atomic mass is 16.6. The number of fused-ring (bicyclic) bond motifs is 1. The van der Waals surface area contributed by atoms with Crippen LogP contribution in [-0.4, -0.2) is 60.4 Å². The Hall–Kier alpha value is -2.05. The molecule has 1 amide bonds. The minimum absolute atomic E-state index is 0.233. The zero-order valence-corrected chi connectivity index (χ0v) is 13.4. The summed E-state index contributed by atoms with van der Waals surface area (Å²) in [5.41, 5.74) is 1.99. The van der Waals surface area contributed by atoms with E-state index in [0.29, 0.717) is 26.2 Å². The second kappa shape index (κ2) is 7.02. The Balaban J connectivity index is 1.57. The Bertz CT molecular complexity index is 662. The highest BCUT2D eigenvalue weighted by Crippen LogP contribution is 2.23. The lowest BCUT2D eigenvalue weighted by Crippen LogP contribution is -3.15. The monoisotopic (exact) mass is 318 g/mol. The van der Waals surface area contributed by atoms with Crippen LogP contribution in [0.4, 0.5) is 4.79 Å². The maximum Gasteiger partial charge on any atom is 0.410 e. The van der Waals surface area contributed by atoms with E-state index in [2.05, 4.69) is 4.98 Å². The average Bonchev–Trinajstić information content (AvgIpc) is 3.00. The maximum absolute atomic E-state index is 11.7. The number of nitrogens with one attached hydrogen (secondary N) is 2. The average molecular weight is 318 g/mol. The van der Waals surface area contributed by atoms with Gasteiger partial charge in [0, 0.05) is 22.7 Å². The number of H-pyrrole nitrogens is 1. The van der Waals surface area contributed by atoms with Crippen molar-refractivity contribution >= 4 is 17.0 Å². The minimum Gasteiger partial charge on any atom is -0.450 e. The van der Waals surface area contributed by atoms with Crippen LogP contribution >= 0.6 is 0 Å². The molecule has 1 aromatic heterocycles. The van der Waals surface area contributed by atoms with Gasteiger partial charge in [-0.15, -0.1) is 0 Å². The van der Waals surface area contributed by atoms with Gasteiger partial charge in [0.2, 0.25) is 0 Å². The fourth-order valence-corrected chi connectivity index (χ4v) is 3.18. The molecule has 124 valence electrons. The lowest BCUT2D eigenvalue weighted by molar-refractivity contribution is -0.907. The van der Waals surface area contributed by atoms with Gasteiger partial charge in [-0.3, -0.25) is 4.90 Å². The van der Waals surface area contributed by atoms with Crippen LogP contribution < -0.4 is 4.90 Å². The third-order valence-corrected chi connectivity index (χ3v) is 4.46. The van der Waals surface area contributed by atoms with Crippen LogP contribution in [0.1, 0.15) is 18.6 Å². The molecule has 6 nitrogen and oxygen atoms in total. The first kappa shape index (κ1) is 15.8. The van der Waals surface area contributed by atoms with E-state index >= 15 is 0 Å². The third-order valence-electron chi connectivity index (χ3n) is 4.46. The van der Waals surface area contributed by atoms with E-state index in [9.17, 15) is 9.90 Å². The van der Waals surface area contributed by atoms with E-state index in [0.717, 1.165) is 29.6 Å². The Morgan fingerprint density at radius 1 is 1.39 bits per heavy atom. The molecule has 1 atom stereocenters. The molecule has 1 aliphatic rings. The highest BCUT2D eigenvalue weighted by Gasteiger charge is 2.27. The molecule has 0 saturated carbocycles. The number of ether oxygens (including phenoxy) is 1. The number of quaternary nitrogens is 1. The molecule has 0 spiro atoms. The molecule has 0 bridgehead atoms. The largest absolute Gasteiger partial charge is 0.450 e. The maximum atomic E-state index is 11.7. The van der Waals surface area contributed by atoms with E-state index in [1.807, 2.05) is 37.4 Å². The Kier molecular flexibility index (Phi) is 4.83. The van der Waals surface area contributed by atoms with Crippen molar-refractivity contribution in [1.29, 1.82) is 0 Å². The molecular weight excluding hydrogens is 294 g/mol. The van der Waals surface area contributed by atoms with Gasteiger partial charge in [0.1, 0.15) is 12.6 Å². The lowest BCUT2D eigenvalue weighted by Gasteiger charge is -2.32. The molecule has 0 unspecified atom stereocenters. The molecule has 2 aromatic rings. The summed E-state index contributed by atoms with van der Waals surface area (Å²) < 4.78 is 5.03. The van der Waals surface area contributed by atoms with E-state index in [-0.39, 0.29) is 6.09 Å². The van der Waals surface area contributed by atoms with Gasteiger partial charge in [0.05, 0.1) is 32.8 Å². The highest BCUT2D eigenvalue weighted by molar-refractivity contribution is 5.83. The van der Waals surface area contributed by atoms with Crippen molar-refractivity contribution in [2.75, 3.05) is 39.3 Å². The van der Waals surface area contributed by atoms with Crippen LogP contribution in [-0.2, 0) is 4.74 Å². The van der Waals surface area contributed by atoms with E-state index < -0.39 is 6.10 Å². The summed E-state index contributed by atoms with van der Waals surface area (Å²) >= 11 is 0. The number of aromatic amines is 1. The van der Waals surface area contributed by atoms with Crippen molar-refractivity contribution < 1.29 is 19.5 Å². The second-order valence-electron chi connectivity index (χ2n) is 5.95. The number of amides is 1. The van der Waals surface area contributed by atoms with Crippen LogP contribution in [0, 0.1) is 0 Å². The normalized spacial score (nSPS) is 17.4. The molecule has 2 heterocycles. The predicted octanol–water partition coefficient (Wildman–Crippen LogP) is 0.558. The van der Waals surface area contributed by atoms with Gasteiger partial charge in [-0.1, -0.05) is 18.2 Å². The lowest BCUT2D eigenvalue weighted by atomic mass is 10.1. The molecule has 3 rings (SSSR count). The quantitative estimate of drug-likeness (QED) is 0.771. The molecule has 1 fully saturated rings. The van der Waals surface area contributed by atoms with E-state index in [1.54, 1.807) is 4.90 Å². The van der Waals surface area contributed by atoms with E-state index in [1.165, 1.54) is 4.90 Å². The topological polar surface area (TPSA) is 70.0 Å². The summed E-state index contributed by atoms with van der Waals surface area (Å²) in [6.07, 6.45) is 1.16. The first-order chi connectivity index (χ1) is 11.2. The number of carbonyl (C=O) groups excluding carboxylic acids is 1. The van der Waals surface area contributed by atoms with Crippen molar-refractivity contribution in [1.82, 2.24) is 9.88 Å². The first-order valence-corrected chi connectivity index (χ1v) is 8.18. The molecule has 1 aliphatic heterocycles. The van der Waals surface area contributed by atoms with Gasteiger partial charge in [-0.2, -0.15) is 0 Å². The third kappa shape index (κ3) is 3.48. The van der Waals surface area contributed by atoms with E-state index in [4.69, 9.17) is 4.74 Å². The number of nitrogens with zero attached hydrogens (tertiary/aromatic N) is 1. The molecule has 1 saturated heterocycles. The summed E-state index contributed by atoms with van der Waals surface area (Å²) in [5.74, 6) is 0. The number of aliphatic hydroxyl groups excluding tert-OH is 1. The molecule has 6 heteroatoms. The van der Waals surface area contributed by atoms with Gasteiger partial charge in [0.25, 0.3) is 0 Å². The minimum atomic E-state index is -0.504. The summed E-state index contributed by atoms with van der Waals surface area (Å²) in [7, 11) is 0. The molecule has 23 heavy (non-hydrogen) atoms. The Morgan fingerprint density at radius 3 is 2.87 bits per heavy atom. The van der Waals surface area contributed by atoms with Gasteiger partial charge in [0.15, 0.2) is 0 Å². The fraction of sp³-hybridized carbons (Fsp3) is 0.471. The molecule has 0 radical (unpaired) electrons. The smallest absolute Gasteiger partial charge is 0.410 e. The van der Waals surface area contributed by atoms with Gasteiger partial charge < -0.3 is 19.7 Å². The second-order valence-corrected chi connectivity index (χ2v) is 5.95. The zero-order valence-electron chi connectivity index (χ0n) is 13.4. The number of aromatic nitrogens is 1. The van der Waals surface area contributed by atoms with Crippen LogP contribution in [0.25, 0.3) is 10.9 Å². The number of hydrogen-bond donors (Lipinski definition) is 3. The number of rotatable bonds is 4. The van der Waals surface area contributed by atoms with Crippen LogP contribution in [0.15, 0.2) is 30.5 Å². The summed E-state index contributed by atoms with van der Waals surface area (Å²) in [4.78, 5) is 18.0. The van der Waals surface area contributed by atoms with Crippen molar-refractivity contribution in [3.63, 3.8) is 0 Å². The van der Waals surface area contributed by atoms with Crippen molar-refractivity contribution in [3.8, 4) is 0 Å². The van der Waals surface area contributed by atoms with Gasteiger partial charge >= 0.3 is 6.09 Å². The number of aliphatic hydroxyl groups is 1. The zero-order chi connectivity index (χ0) is 16.2. The summed E-state index contributed by atoms with van der Waals surface area (Å²) in [6, 6.07) is 8.00. The summed E-state index contributed by atoms with van der Waals surface area (Å²) in [6.45, 7) is 5.89. The number of para-hydroxylation sites is 1. The van der Waals surface area contributed by atoms with Crippen molar-refractivity contribution in [3.05, 3.63) is 36.0 Å². The van der Waals surface area contributed by atoms with Crippen LogP contribution in [0.5, 0.6) is 0 Å². The van der Waals surface area contributed by atoms with Crippen molar-refractivity contribution in [2.45, 2.75) is 13.0 Å². The number of benzene rings is 1. The number of piperazine rings is 1. The van der Waals surface area contributed by atoms with Crippen LogP contribution in [0.3, 0.4) is 0 Å². The van der Waals surface area contributed by atoms with Gasteiger partial charge in [-0.05, 0) is 13.0 Å². The number of hydrogen-bond acceptors (Lipinski definition) is 3. The summed E-state index contributed by atoms with van der Waals surface area (Å²) in [5, 5.41) is 11.6. The first-order valence-electron chi connectivity index (χ1n) is 8.18. The predicted molar refractivity (Wildman–Crippen MR) is 87.4 cm³/mol. The molecule has 3 N–H and O–H groups in total. The SMILES string of the molecule is CCOC(=O)N1CC[NH+](C[C@@H](O)c2c[nH]c3ccccc23)CC1. The number of carbonyl (C=O) groups is 1. The molecule has 1 aromatic carbocycles. The van der Waals surface area contributed by atoms with Gasteiger partial charge in [-0.25, -0.2) is 4.79 Å². The Morgan fingerprint density at radius 2 is 2.13 bits per heavy atom. The standard InChI is InChI=1S/C17H23N3O3/c1-2-23-17(22)20-9-7-19(8-10-20)12-16(21)14-11-18-15-6-4-3-5-13(14)15/h3-6,11,16,18,21H,2,7-10,12H2,1H3/p+1/t16-/m1/s1. The van der Waals surface area contributed by atoms with Crippen molar-refractivity contribution in [2.24, 2.45) is 0 Å². The van der Waals surface area contributed by atoms with Crippen LogP contribution in [0.2, 0.25) is 0 Å². The molecular formula is C17H24N3O3+.